The zero-order valence-electron chi connectivity index (χ0n) is 12.0. The van der Waals surface area contributed by atoms with E-state index in [1.165, 1.54) is 50.8 Å². The van der Waals surface area contributed by atoms with Crippen molar-refractivity contribution in [2.45, 2.75) is 44.2 Å². The summed E-state index contributed by atoms with van der Waals surface area (Å²) >= 11 is 0. The fourth-order valence-electron chi connectivity index (χ4n) is 4.07. The molecule has 0 bridgehead atoms. The molecule has 2 nitrogen and oxygen atoms in total. The van der Waals surface area contributed by atoms with E-state index in [1.807, 2.05) is 0 Å². The lowest BCUT2D eigenvalue weighted by atomic mass is 9.91. The number of benzene rings is 1. The quantitative estimate of drug-likeness (QED) is 0.892. The van der Waals surface area contributed by atoms with Crippen LogP contribution in [0.5, 0.6) is 0 Å². The molecule has 1 aliphatic heterocycles. The van der Waals surface area contributed by atoms with Crippen LogP contribution in [0.2, 0.25) is 0 Å². The van der Waals surface area contributed by atoms with E-state index in [9.17, 15) is 0 Å². The molecule has 1 saturated heterocycles. The second-order valence-electron chi connectivity index (χ2n) is 6.15. The average Bonchev–Trinajstić information content (AvgIpc) is 2.95. The van der Waals surface area contributed by atoms with Crippen LogP contribution >= 0.6 is 0 Å². The average molecular weight is 258 g/mol. The van der Waals surface area contributed by atoms with Crippen LogP contribution in [0.4, 0.5) is 0 Å². The van der Waals surface area contributed by atoms with Gasteiger partial charge in [-0.2, -0.15) is 0 Å². The van der Waals surface area contributed by atoms with Crippen molar-refractivity contribution in [3.8, 4) is 0 Å². The maximum atomic E-state index is 3.50. The summed E-state index contributed by atoms with van der Waals surface area (Å²) in [4.78, 5) is 2.76. The Balaban J connectivity index is 1.68. The van der Waals surface area contributed by atoms with E-state index in [0.29, 0.717) is 6.04 Å². The van der Waals surface area contributed by atoms with E-state index in [4.69, 9.17) is 0 Å². The monoisotopic (exact) mass is 258 g/mol. The van der Waals surface area contributed by atoms with Gasteiger partial charge < -0.3 is 5.32 Å². The molecule has 3 unspecified atom stereocenters. The lowest BCUT2D eigenvalue weighted by Gasteiger charge is -2.39. The molecule has 2 heteroatoms. The summed E-state index contributed by atoms with van der Waals surface area (Å²) in [6, 6.07) is 12.2. The summed E-state index contributed by atoms with van der Waals surface area (Å²) in [6.07, 6.45) is 7.21. The minimum Gasteiger partial charge on any atom is -0.312 e. The molecular weight excluding hydrogens is 232 g/mol. The number of likely N-dealkylation sites (tertiary alicyclic amines) is 1. The molecule has 0 spiro atoms. The smallest absolute Gasteiger partial charge is 0.0446 e. The third kappa shape index (κ3) is 2.85. The van der Waals surface area contributed by atoms with Crippen LogP contribution in [0.3, 0.4) is 0 Å². The SMILES string of the molecule is CNC(CN1CCCC2CCCC21)c1ccccc1. The predicted molar refractivity (Wildman–Crippen MR) is 80.2 cm³/mol. The molecule has 104 valence electrons. The van der Waals surface area contributed by atoms with E-state index in [1.54, 1.807) is 0 Å². The molecule has 1 aliphatic carbocycles. The van der Waals surface area contributed by atoms with Crippen LogP contribution < -0.4 is 5.32 Å². The molecule has 1 aromatic rings. The summed E-state index contributed by atoms with van der Waals surface area (Å²) in [5, 5.41) is 3.50. The highest BCUT2D eigenvalue weighted by Crippen LogP contribution is 2.37. The first-order valence-electron chi connectivity index (χ1n) is 7.85. The minimum atomic E-state index is 0.473. The maximum absolute atomic E-state index is 3.50. The number of nitrogens with one attached hydrogen (secondary N) is 1. The zero-order valence-corrected chi connectivity index (χ0v) is 12.0. The second-order valence-corrected chi connectivity index (χ2v) is 6.15. The van der Waals surface area contributed by atoms with E-state index in [-0.39, 0.29) is 0 Å². The van der Waals surface area contributed by atoms with Gasteiger partial charge in [-0.1, -0.05) is 36.8 Å². The van der Waals surface area contributed by atoms with Gasteiger partial charge in [-0.05, 0) is 50.8 Å². The summed E-state index contributed by atoms with van der Waals surface area (Å²) in [5.74, 6) is 0.988. The van der Waals surface area contributed by atoms with Crippen LogP contribution in [-0.4, -0.2) is 31.1 Å². The summed E-state index contributed by atoms with van der Waals surface area (Å²) < 4.78 is 0. The van der Waals surface area contributed by atoms with Crippen LogP contribution in [-0.2, 0) is 0 Å². The maximum Gasteiger partial charge on any atom is 0.0446 e. The van der Waals surface area contributed by atoms with Gasteiger partial charge in [-0.25, -0.2) is 0 Å². The molecule has 1 saturated carbocycles. The van der Waals surface area contributed by atoms with Crippen molar-refractivity contribution in [2.75, 3.05) is 20.1 Å². The number of likely N-dealkylation sites (N-methyl/N-ethyl adjacent to an activating group) is 1. The van der Waals surface area contributed by atoms with Gasteiger partial charge in [0.2, 0.25) is 0 Å². The van der Waals surface area contributed by atoms with Gasteiger partial charge in [-0.15, -0.1) is 0 Å². The van der Waals surface area contributed by atoms with Gasteiger partial charge >= 0.3 is 0 Å². The van der Waals surface area contributed by atoms with Gasteiger partial charge in [0, 0.05) is 18.6 Å². The molecular formula is C17H26N2. The van der Waals surface area contributed by atoms with Crippen molar-refractivity contribution >= 4 is 0 Å². The fraction of sp³-hybridized carbons (Fsp3) is 0.647. The standard InChI is InChI=1S/C17H26N2/c1-18-16(14-7-3-2-4-8-14)13-19-12-6-10-15-9-5-11-17(15)19/h2-4,7-8,15-18H,5-6,9-13H2,1H3. The van der Waals surface area contributed by atoms with Crippen molar-refractivity contribution in [3.63, 3.8) is 0 Å². The second kappa shape index (κ2) is 6.06. The first-order chi connectivity index (χ1) is 9.38. The summed E-state index contributed by atoms with van der Waals surface area (Å²) in [6.45, 7) is 2.47. The number of nitrogens with zero attached hydrogens (tertiary/aromatic N) is 1. The van der Waals surface area contributed by atoms with Crippen molar-refractivity contribution < 1.29 is 0 Å². The molecule has 0 aromatic heterocycles. The highest BCUT2D eigenvalue weighted by Gasteiger charge is 2.35. The molecule has 1 aromatic carbocycles. The Labute approximate surface area is 117 Å². The molecule has 3 atom stereocenters. The first kappa shape index (κ1) is 13.1. The number of piperidine rings is 1. The molecule has 0 amide bonds. The number of rotatable bonds is 4. The number of hydrogen-bond acceptors (Lipinski definition) is 2. The van der Waals surface area contributed by atoms with E-state index in [0.717, 1.165) is 12.0 Å². The number of hydrogen-bond donors (Lipinski definition) is 1. The summed E-state index contributed by atoms with van der Waals surface area (Å²) in [5.41, 5.74) is 1.42. The fourth-order valence-corrected chi connectivity index (χ4v) is 4.07. The molecule has 1 N–H and O–H groups in total. The van der Waals surface area contributed by atoms with Gasteiger partial charge in [-0.3, -0.25) is 4.90 Å². The van der Waals surface area contributed by atoms with Gasteiger partial charge in [0.25, 0.3) is 0 Å². The van der Waals surface area contributed by atoms with Crippen LogP contribution in [0.1, 0.15) is 43.7 Å². The Hall–Kier alpha value is -0.860. The lowest BCUT2D eigenvalue weighted by Crippen LogP contribution is -2.46. The highest BCUT2D eigenvalue weighted by molar-refractivity contribution is 5.19. The molecule has 2 aliphatic rings. The third-order valence-corrected chi connectivity index (χ3v) is 5.08. The topological polar surface area (TPSA) is 15.3 Å². The van der Waals surface area contributed by atoms with Gasteiger partial charge in [0.1, 0.15) is 0 Å². The predicted octanol–water partition coefficient (Wildman–Crippen LogP) is 3.21. The van der Waals surface area contributed by atoms with Crippen LogP contribution in [0.15, 0.2) is 30.3 Å². The normalized spacial score (nSPS) is 29.1. The van der Waals surface area contributed by atoms with Crippen LogP contribution in [0.25, 0.3) is 0 Å². The van der Waals surface area contributed by atoms with E-state index in [2.05, 4.69) is 47.6 Å². The Morgan fingerprint density at radius 2 is 1.95 bits per heavy atom. The summed E-state index contributed by atoms with van der Waals surface area (Å²) in [7, 11) is 2.09. The first-order valence-corrected chi connectivity index (χ1v) is 7.85. The van der Waals surface area contributed by atoms with Crippen molar-refractivity contribution in [3.05, 3.63) is 35.9 Å². The van der Waals surface area contributed by atoms with E-state index >= 15 is 0 Å². The Bertz CT molecular complexity index is 390. The Morgan fingerprint density at radius 3 is 2.74 bits per heavy atom. The molecule has 2 fully saturated rings. The molecule has 1 heterocycles. The van der Waals surface area contributed by atoms with E-state index < -0.39 is 0 Å². The largest absolute Gasteiger partial charge is 0.312 e. The van der Waals surface area contributed by atoms with Gasteiger partial charge in [0.05, 0.1) is 0 Å². The van der Waals surface area contributed by atoms with Crippen molar-refractivity contribution in [2.24, 2.45) is 5.92 Å². The number of fused-ring (bicyclic) bond motifs is 1. The minimum absolute atomic E-state index is 0.473. The van der Waals surface area contributed by atoms with Crippen molar-refractivity contribution in [1.29, 1.82) is 0 Å². The van der Waals surface area contributed by atoms with Crippen LogP contribution in [0, 0.1) is 5.92 Å². The molecule has 3 rings (SSSR count). The third-order valence-electron chi connectivity index (χ3n) is 5.08. The van der Waals surface area contributed by atoms with Gasteiger partial charge in [0.15, 0.2) is 0 Å². The Morgan fingerprint density at radius 1 is 1.16 bits per heavy atom. The van der Waals surface area contributed by atoms with Crippen molar-refractivity contribution in [1.82, 2.24) is 10.2 Å². The zero-order chi connectivity index (χ0) is 13.1. The molecule has 0 radical (unpaired) electrons. The molecule has 19 heavy (non-hydrogen) atoms. The Kier molecular flexibility index (Phi) is 4.19. The highest BCUT2D eigenvalue weighted by atomic mass is 15.2. The lowest BCUT2D eigenvalue weighted by molar-refractivity contribution is 0.102.